The third-order valence-corrected chi connectivity index (χ3v) is 6.87. The highest BCUT2D eigenvalue weighted by molar-refractivity contribution is 5.84. The summed E-state index contributed by atoms with van der Waals surface area (Å²) in [5.74, 6) is 0.617. The third-order valence-electron chi connectivity index (χ3n) is 6.87. The van der Waals surface area contributed by atoms with E-state index in [2.05, 4.69) is 70.1 Å². The Morgan fingerprint density at radius 3 is 2.58 bits per heavy atom. The Kier molecular flexibility index (Phi) is 4.60. The lowest BCUT2D eigenvalue weighted by atomic mass is 9.89. The zero-order valence-electron chi connectivity index (χ0n) is 18.0. The van der Waals surface area contributed by atoms with Crippen LogP contribution < -0.4 is 9.80 Å². The molecule has 0 amide bonds. The molecule has 2 aromatic heterocycles. The van der Waals surface area contributed by atoms with Gasteiger partial charge in [0.15, 0.2) is 5.58 Å². The third kappa shape index (κ3) is 3.35. The first-order valence-electron chi connectivity index (χ1n) is 11.3. The molecule has 31 heavy (non-hydrogen) atoms. The number of oxazole rings is 1. The quantitative estimate of drug-likeness (QED) is 0.491. The Balaban J connectivity index is 1.19. The lowest BCUT2D eigenvalue weighted by molar-refractivity contribution is 0.120. The lowest BCUT2D eigenvalue weighted by Crippen LogP contribution is -2.36. The molecule has 0 saturated carbocycles. The molecule has 4 heterocycles. The number of para-hydroxylation sites is 1. The largest absolute Gasteiger partial charge is 0.423 e. The van der Waals surface area contributed by atoms with Gasteiger partial charge in [-0.1, -0.05) is 18.2 Å². The fourth-order valence-electron chi connectivity index (χ4n) is 5.14. The molecule has 0 aliphatic carbocycles. The Morgan fingerprint density at radius 2 is 1.74 bits per heavy atom. The zero-order valence-corrected chi connectivity index (χ0v) is 18.0. The summed E-state index contributed by atoms with van der Waals surface area (Å²) < 4.78 is 13.7. The molecule has 160 valence electrons. The molecular formula is C25H28N4O2. The molecule has 0 atom stereocenters. The van der Waals surface area contributed by atoms with Crippen LogP contribution in [-0.4, -0.2) is 48.9 Å². The van der Waals surface area contributed by atoms with Gasteiger partial charge in [0.1, 0.15) is 5.52 Å². The van der Waals surface area contributed by atoms with Crippen LogP contribution >= 0.6 is 0 Å². The summed E-state index contributed by atoms with van der Waals surface area (Å²) in [6.07, 6.45) is 4.67. The van der Waals surface area contributed by atoms with Gasteiger partial charge < -0.3 is 23.5 Å². The first kappa shape index (κ1) is 18.8. The van der Waals surface area contributed by atoms with Gasteiger partial charge in [-0.3, -0.25) is 0 Å². The maximum atomic E-state index is 6.01. The van der Waals surface area contributed by atoms with Crippen molar-refractivity contribution in [2.45, 2.75) is 18.8 Å². The van der Waals surface area contributed by atoms with Crippen molar-refractivity contribution in [2.24, 2.45) is 7.05 Å². The first-order chi connectivity index (χ1) is 15.3. The van der Waals surface area contributed by atoms with E-state index in [1.54, 1.807) is 0 Å². The number of nitrogens with zero attached hydrogens (tertiary/aromatic N) is 4. The van der Waals surface area contributed by atoms with E-state index in [9.17, 15) is 0 Å². The summed E-state index contributed by atoms with van der Waals surface area (Å²) in [5.41, 5.74) is 5.86. The second-order valence-electron chi connectivity index (χ2n) is 8.72. The van der Waals surface area contributed by atoms with E-state index in [0.29, 0.717) is 11.9 Å². The Labute approximate surface area is 182 Å². The van der Waals surface area contributed by atoms with Crippen LogP contribution in [0.4, 0.5) is 11.7 Å². The van der Waals surface area contributed by atoms with Crippen LogP contribution in [0.1, 0.15) is 24.3 Å². The zero-order chi connectivity index (χ0) is 20.8. The van der Waals surface area contributed by atoms with Crippen LogP contribution in [0.15, 0.2) is 53.1 Å². The van der Waals surface area contributed by atoms with Crippen LogP contribution in [0.5, 0.6) is 0 Å². The fourth-order valence-corrected chi connectivity index (χ4v) is 5.14. The van der Waals surface area contributed by atoms with Gasteiger partial charge in [-0.05, 0) is 48.6 Å². The van der Waals surface area contributed by atoms with Crippen molar-refractivity contribution in [3.63, 3.8) is 0 Å². The van der Waals surface area contributed by atoms with E-state index >= 15 is 0 Å². The standard InChI is InChI=1S/C25H28N4O2/c1-27-17-21(20-4-2-3-5-23(20)27)18-8-10-28(11-9-18)19-6-7-24-22(16-19)26-25(31-24)29-12-14-30-15-13-29/h2-7,16-18H,8-15H2,1H3. The molecule has 0 N–H and O–H groups in total. The normalized spacial score (nSPS) is 18.4. The molecule has 2 saturated heterocycles. The first-order valence-corrected chi connectivity index (χ1v) is 11.3. The van der Waals surface area contributed by atoms with Gasteiger partial charge in [-0.15, -0.1) is 0 Å². The summed E-state index contributed by atoms with van der Waals surface area (Å²) in [4.78, 5) is 9.42. The predicted molar refractivity (Wildman–Crippen MR) is 124 cm³/mol. The number of aromatic nitrogens is 2. The SMILES string of the molecule is Cn1cc(C2CCN(c3ccc4oc(N5CCOCC5)nc4c3)CC2)c2ccccc21. The van der Waals surface area contributed by atoms with Gasteiger partial charge in [0.2, 0.25) is 0 Å². The molecule has 4 aromatic rings. The minimum absolute atomic E-state index is 0.617. The Morgan fingerprint density at radius 1 is 0.935 bits per heavy atom. The molecule has 6 nitrogen and oxygen atoms in total. The van der Waals surface area contributed by atoms with Crippen molar-refractivity contribution in [1.29, 1.82) is 0 Å². The molecule has 2 aliphatic heterocycles. The van der Waals surface area contributed by atoms with Gasteiger partial charge in [-0.25, -0.2) is 0 Å². The van der Waals surface area contributed by atoms with E-state index < -0.39 is 0 Å². The van der Waals surface area contributed by atoms with Crippen LogP contribution in [-0.2, 0) is 11.8 Å². The van der Waals surface area contributed by atoms with Gasteiger partial charge in [0.05, 0.1) is 13.2 Å². The highest BCUT2D eigenvalue weighted by Gasteiger charge is 2.24. The second kappa shape index (κ2) is 7.61. The molecule has 0 radical (unpaired) electrons. The molecule has 2 aromatic carbocycles. The topological polar surface area (TPSA) is 46.7 Å². The number of fused-ring (bicyclic) bond motifs is 2. The average molecular weight is 417 g/mol. The monoisotopic (exact) mass is 416 g/mol. The lowest BCUT2D eigenvalue weighted by Gasteiger charge is -2.33. The molecule has 2 aliphatic rings. The van der Waals surface area contributed by atoms with Crippen LogP contribution in [0, 0.1) is 0 Å². The number of aryl methyl sites for hydroxylation is 1. The van der Waals surface area contributed by atoms with Crippen LogP contribution in [0.3, 0.4) is 0 Å². The average Bonchev–Trinajstić information content (AvgIpc) is 3.41. The number of anilines is 2. The molecule has 6 heteroatoms. The molecule has 6 rings (SSSR count). The fraction of sp³-hybridized carbons (Fsp3) is 0.400. The van der Waals surface area contributed by atoms with Crippen LogP contribution in [0.25, 0.3) is 22.0 Å². The minimum atomic E-state index is 0.617. The van der Waals surface area contributed by atoms with Gasteiger partial charge in [0.25, 0.3) is 6.01 Å². The van der Waals surface area contributed by atoms with Crippen molar-refractivity contribution in [3.05, 3.63) is 54.2 Å². The summed E-state index contributed by atoms with van der Waals surface area (Å²) >= 11 is 0. The molecule has 0 bridgehead atoms. The van der Waals surface area contributed by atoms with Crippen molar-refractivity contribution < 1.29 is 9.15 Å². The summed E-state index contributed by atoms with van der Waals surface area (Å²) in [6.45, 7) is 5.26. The number of ether oxygens (including phenoxy) is 1. The van der Waals surface area contributed by atoms with Gasteiger partial charge in [-0.2, -0.15) is 4.98 Å². The maximum Gasteiger partial charge on any atom is 0.298 e. The molecular weight excluding hydrogens is 388 g/mol. The van der Waals surface area contributed by atoms with E-state index in [0.717, 1.165) is 50.5 Å². The van der Waals surface area contributed by atoms with Crippen molar-refractivity contribution in [1.82, 2.24) is 9.55 Å². The number of benzene rings is 2. The molecule has 0 spiro atoms. The summed E-state index contributed by atoms with van der Waals surface area (Å²) in [5, 5.41) is 1.41. The number of piperidine rings is 1. The second-order valence-corrected chi connectivity index (χ2v) is 8.72. The molecule has 2 fully saturated rings. The predicted octanol–water partition coefficient (Wildman–Crippen LogP) is 4.54. The van der Waals surface area contributed by atoms with E-state index in [1.807, 2.05) is 0 Å². The van der Waals surface area contributed by atoms with Crippen LogP contribution in [0.2, 0.25) is 0 Å². The number of hydrogen-bond donors (Lipinski definition) is 0. The minimum Gasteiger partial charge on any atom is -0.423 e. The van der Waals surface area contributed by atoms with Crippen molar-refractivity contribution in [3.8, 4) is 0 Å². The number of rotatable bonds is 3. The van der Waals surface area contributed by atoms with Gasteiger partial charge >= 0.3 is 0 Å². The highest BCUT2D eigenvalue weighted by atomic mass is 16.5. The summed E-state index contributed by atoms with van der Waals surface area (Å²) in [6, 6.07) is 15.9. The smallest absolute Gasteiger partial charge is 0.298 e. The Bertz CT molecular complexity index is 1210. The summed E-state index contributed by atoms with van der Waals surface area (Å²) in [7, 11) is 2.15. The van der Waals surface area contributed by atoms with Crippen molar-refractivity contribution >= 4 is 33.7 Å². The Hall–Kier alpha value is -2.99. The van der Waals surface area contributed by atoms with E-state index in [-0.39, 0.29) is 0 Å². The van der Waals surface area contributed by atoms with E-state index in [4.69, 9.17) is 14.1 Å². The highest BCUT2D eigenvalue weighted by Crippen LogP contribution is 2.36. The number of hydrogen-bond acceptors (Lipinski definition) is 5. The van der Waals surface area contributed by atoms with Gasteiger partial charge in [0, 0.05) is 56.0 Å². The maximum absolute atomic E-state index is 6.01. The molecule has 0 unspecified atom stereocenters. The van der Waals surface area contributed by atoms with Crippen molar-refractivity contribution in [2.75, 3.05) is 49.2 Å². The number of morpholine rings is 1. The van der Waals surface area contributed by atoms with E-state index in [1.165, 1.54) is 35.0 Å².